The second kappa shape index (κ2) is 4.97. The molecule has 0 aliphatic heterocycles. The summed E-state index contributed by atoms with van der Waals surface area (Å²) in [4.78, 5) is 10.2. The zero-order chi connectivity index (χ0) is 14.0. The summed E-state index contributed by atoms with van der Waals surface area (Å²) in [6.07, 6.45) is 0. The smallest absolute Gasteiger partial charge is 0.292 e. The number of anilines is 1. The highest BCUT2D eigenvalue weighted by Crippen LogP contribution is 2.30. The number of hydrogen-bond donors (Lipinski definition) is 1. The molecule has 0 heterocycles. The van der Waals surface area contributed by atoms with Crippen LogP contribution >= 0.6 is 0 Å². The van der Waals surface area contributed by atoms with Gasteiger partial charge in [0.2, 0.25) is 0 Å². The first-order chi connectivity index (χ1) is 8.97. The summed E-state index contributed by atoms with van der Waals surface area (Å²) in [5.74, 6) is 1.19. The van der Waals surface area contributed by atoms with Crippen LogP contribution in [0.3, 0.4) is 0 Å². The molecule has 0 fully saturated rings. The van der Waals surface area contributed by atoms with Crippen LogP contribution in [-0.4, -0.2) is 4.92 Å². The van der Waals surface area contributed by atoms with Crippen molar-refractivity contribution in [3.8, 4) is 11.5 Å². The number of nitrogens with zero attached hydrogens (tertiary/aromatic N) is 1. The minimum absolute atomic E-state index is 0.0901. The Hall–Kier alpha value is -2.56. The predicted octanol–water partition coefficient (Wildman–Crippen LogP) is 3.59. The Morgan fingerprint density at radius 2 is 1.89 bits per heavy atom. The lowest BCUT2D eigenvalue weighted by atomic mass is 10.1. The molecule has 5 nitrogen and oxygen atoms in total. The zero-order valence-electron chi connectivity index (χ0n) is 10.7. The number of nitrogen functional groups attached to an aromatic ring is 1. The average molecular weight is 258 g/mol. The molecule has 0 amide bonds. The van der Waals surface area contributed by atoms with Crippen LogP contribution in [0.2, 0.25) is 0 Å². The third-order valence-electron chi connectivity index (χ3n) is 2.75. The number of aryl methyl sites for hydroxylation is 2. The van der Waals surface area contributed by atoms with E-state index in [0.717, 1.165) is 11.1 Å². The van der Waals surface area contributed by atoms with Gasteiger partial charge in [-0.05, 0) is 31.5 Å². The van der Waals surface area contributed by atoms with E-state index in [4.69, 9.17) is 10.5 Å². The lowest BCUT2D eigenvalue weighted by Crippen LogP contribution is -1.96. The number of hydrogen-bond acceptors (Lipinski definition) is 4. The summed E-state index contributed by atoms with van der Waals surface area (Å²) in [7, 11) is 0. The van der Waals surface area contributed by atoms with E-state index in [9.17, 15) is 10.1 Å². The molecular formula is C14H14N2O3. The van der Waals surface area contributed by atoms with Gasteiger partial charge in [0.1, 0.15) is 17.2 Å². The molecule has 0 saturated heterocycles. The monoisotopic (exact) mass is 258 g/mol. The van der Waals surface area contributed by atoms with Gasteiger partial charge in [0.25, 0.3) is 5.69 Å². The molecule has 0 bridgehead atoms. The van der Waals surface area contributed by atoms with E-state index in [1.165, 1.54) is 18.2 Å². The van der Waals surface area contributed by atoms with Crippen LogP contribution in [0.25, 0.3) is 0 Å². The Bertz CT molecular complexity index is 639. The minimum atomic E-state index is -0.518. The van der Waals surface area contributed by atoms with Crippen molar-refractivity contribution >= 4 is 11.4 Å². The molecule has 0 aliphatic rings. The van der Waals surface area contributed by atoms with Crippen molar-refractivity contribution in [3.63, 3.8) is 0 Å². The molecule has 19 heavy (non-hydrogen) atoms. The van der Waals surface area contributed by atoms with Gasteiger partial charge in [0.15, 0.2) is 0 Å². The third-order valence-corrected chi connectivity index (χ3v) is 2.75. The summed E-state index contributed by atoms with van der Waals surface area (Å²) >= 11 is 0. The topological polar surface area (TPSA) is 78.4 Å². The van der Waals surface area contributed by atoms with Crippen molar-refractivity contribution in [2.75, 3.05) is 5.73 Å². The van der Waals surface area contributed by atoms with Crippen molar-refractivity contribution in [1.29, 1.82) is 0 Å². The van der Waals surface area contributed by atoms with Crippen molar-refractivity contribution in [1.82, 2.24) is 0 Å². The highest BCUT2D eigenvalue weighted by Gasteiger charge is 2.12. The van der Waals surface area contributed by atoms with Crippen molar-refractivity contribution in [3.05, 3.63) is 57.6 Å². The lowest BCUT2D eigenvalue weighted by Gasteiger charge is -2.09. The van der Waals surface area contributed by atoms with Gasteiger partial charge in [-0.15, -0.1) is 0 Å². The van der Waals surface area contributed by atoms with E-state index in [1.54, 1.807) is 0 Å². The van der Waals surface area contributed by atoms with Gasteiger partial charge in [-0.1, -0.05) is 17.7 Å². The number of nitro benzene ring substituents is 1. The molecule has 0 atom stereocenters. The summed E-state index contributed by atoms with van der Waals surface area (Å²) in [6, 6.07) is 10.1. The third kappa shape index (κ3) is 2.82. The summed E-state index contributed by atoms with van der Waals surface area (Å²) in [5, 5.41) is 10.7. The Labute approximate surface area is 110 Å². The number of benzene rings is 2. The van der Waals surface area contributed by atoms with E-state index in [-0.39, 0.29) is 11.4 Å². The summed E-state index contributed by atoms with van der Waals surface area (Å²) in [5.41, 5.74) is 7.73. The quantitative estimate of drug-likeness (QED) is 0.518. The van der Waals surface area contributed by atoms with Crippen LogP contribution in [0.5, 0.6) is 11.5 Å². The van der Waals surface area contributed by atoms with Gasteiger partial charge >= 0.3 is 0 Å². The van der Waals surface area contributed by atoms with Crippen LogP contribution in [-0.2, 0) is 0 Å². The van der Waals surface area contributed by atoms with Crippen LogP contribution in [0.4, 0.5) is 11.4 Å². The van der Waals surface area contributed by atoms with Gasteiger partial charge < -0.3 is 10.5 Å². The standard InChI is InChI=1S/C14H14N2O3/c1-9-3-6-14(10(2)7-9)19-11-4-5-13(16(17)18)12(15)8-11/h3-8H,15H2,1-2H3. The highest BCUT2D eigenvalue weighted by molar-refractivity contribution is 5.61. The number of rotatable bonds is 3. The molecule has 0 unspecified atom stereocenters. The fourth-order valence-corrected chi connectivity index (χ4v) is 1.80. The molecular weight excluding hydrogens is 244 g/mol. The first-order valence-electron chi connectivity index (χ1n) is 5.76. The van der Waals surface area contributed by atoms with Crippen LogP contribution in [0, 0.1) is 24.0 Å². The maximum Gasteiger partial charge on any atom is 0.292 e. The maximum atomic E-state index is 10.7. The van der Waals surface area contributed by atoms with Crippen molar-refractivity contribution in [2.45, 2.75) is 13.8 Å². The molecule has 2 rings (SSSR count). The predicted molar refractivity (Wildman–Crippen MR) is 73.5 cm³/mol. The van der Waals surface area contributed by atoms with Crippen LogP contribution < -0.4 is 10.5 Å². The van der Waals surface area contributed by atoms with Crippen LogP contribution in [0.15, 0.2) is 36.4 Å². The molecule has 2 N–H and O–H groups in total. The zero-order valence-corrected chi connectivity index (χ0v) is 10.7. The van der Waals surface area contributed by atoms with Crippen molar-refractivity contribution in [2.24, 2.45) is 0 Å². The molecule has 0 spiro atoms. The van der Waals surface area contributed by atoms with E-state index in [0.29, 0.717) is 11.5 Å². The summed E-state index contributed by atoms with van der Waals surface area (Å²) < 4.78 is 5.68. The van der Waals surface area contributed by atoms with E-state index in [2.05, 4.69) is 0 Å². The van der Waals surface area contributed by atoms with Gasteiger partial charge in [-0.25, -0.2) is 0 Å². The van der Waals surface area contributed by atoms with Gasteiger partial charge in [-0.2, -0.15) is 0 Å². The summed E-state index contributed by atoms with van der Waals surface area (Å²) in [6.45, 7) is 3.94. The van der Waals surface area contributed by atoms with Gasteiger partial charge in [0.05, 0.1) is 4.92 Å². The molecule has 98 valence electrons. The average Bonchev–Trinajstić information content (AvgIpc) is 2.32. The fourth-order valence-electron chi connectivity index (χ4n) is 1.80. The lowest BCUT2D eigenvalue weighted by molar-refractivity contribution is -0.383. The normalized spacial score (nSPS) is 10.2. The second-order valence-corrected chi connectivity index (χ2v) is 4.35. The highest BCUT2D eigenvalue weighted by atomic mass is 16.6. The molecule has 0 radical (unpaired) electrons. The fraction of sp³-hybridized carbons (Fsp3) is 0.143. The molecule has 2 aromatic carbocycles. The first-order valence-corrected chi connectivity index (χ1v) is 5.76. The van der Waals surface area contributed by atoms with E-state index in [1.807, 2.05) is 32.0 Å². The molecule has 2 aromatic rings. The molecule has 0 aromatic heterocycles. The Balaban J connectivity index is 2.29. The van der Waals surface area contributed by atoms with Crippen LogP contribution in [0.1, 0.15) is 11.1 Å². The SMILES string of the molecule is Cc1ccc(Oc2ccc([N+](=O)[O-])c(N)c2)c(C)c1. The maximum absolute atomic E-state index is 10.7. The van der Waals surface area contributed by atoms with Gasteiger partial charge in [0, 0.05) is 12.1 Å². The number of nitrogens with two attached hydrogens (primary N) is 1. The molecule has 0 aliphatic carbocycles. The molecule has 0 saturated carbocycles. The number of nitro groups is 1. The van der Waals surface area contributed by atoms with E-state index < -0.39 is 4.92 Å². The van der Waals surface area contributed by atoms with Gasteiger partial charge in [-0.3, -0.25) is 10.1 Å². The second-order valence-electron chi connectivity index (χ2n) is 4.35. The Morgan fingerprint density at radius 1 is 1.16 bits per heavy atom. The Kier molecular flexibility index (Phi) is 3.37. The number of ether oxygens (including phenoxy) is 1. The minimum Gasteiger partial charge on any atom is -0.457 e. The largest absolute Gasteiger partial charge is 0.457 e. The van der Waals surface area contributed by atoms with Crippen molar-refractivity contribution < 1.29 is 9.66 Å². The molecule has 5 heteroatoms. The Morgan fingerprint density at radius 3 is 2.47 bits per heavy atom. The first kappa shape index (κ1) is 12.9. The van der Waals surface area contributed by atoms with E-state index >= 15 is 0 Å².